The standard InChI is InChI=1S/C32H44N2O9/c1-18(2)29(36)42-26-16-27(35)34(6)22-13-21(14-23(15-22)39-7)12-19(3)10-9-11-25(40-8)32(38)17-24(41-30(37)33-32)20(4)28-31(26,5)43-28/h9-11,13-15,18,20,24-26,28,38H,12,16-17H2,1-8H3,(H,33,37)/b11-9+,19-10+/t20-,24+,25-,26+,28+,31+,32+/m1/s1. The van der Waals surface area contributed by atoms with Gasteiger partial charge in [0.2, 0.25) is 5.91 Å². The van der Waals surface area contributed by atoms with E-state index in [4.69, 9.17) is 23.7 Å². The van der Waals surface area contributed by atoms with Crippen molar-refractivity contribution in [1.82, 2.24) is 5.32 Å². The van der Waals surface area contributed by atoms with Gasteiger partial charge in [-0.3, -0.25) is 14.9 Å². The lowest BCUT2D eigenvalue weighted by molar-refractivity contribution is -0.157. The molecule has 0 saturated carbocycles. The Morgan fingerprint density at radius 1 is 1.21 bits per heavy atom. The molecule has 7 atom stereocenters. The van der Waals surface area contributed by atoms with Gasteiger partial charge in [-0.1, -0.05) is 44.6 Å². The van der Waals surface area contributed by atoms with E-state index in [1.165, 1.54) is 12.0 Å². The van der Waals surface area contributed by atoms with E-state index in [2.05, 4.69) is 5.32 Å². The number of aliphatic hydroxyl groups is 1. The highest BCUT2D eigenvalue weighted by molar-refractivity contribution is 5.93. The van der Waals surface area contributed by atoms with E-state index in [0.29, 0.717) is 17.9 Å². The van der Waals surface area contributed by atoms with Gasteiger partial charge in [-0.2, -0.15) is 0 Å². The van der Waals surface area contributed by atoms with Gasteiger partial charge in [0, 0.05) is 38.2 Å². The van der Waals surface area contributed by atoms with Crippen LogP contribution in [0.2, 0.25) is 0 Å². The molecule has 1 aromatic carbocycles. The highest BCUT2D eigenvalue weighted by Crippen LogP contribution is 2.49. The van der Waals surface area contributed by atoms with Crippen molar-refractivity contribution >= 4 is 23.7 Å². The zero-order valence-electron chi connectivity index (χ0n) is 26.2. The molecule has 1 aromatic rings. The van der Waals surface area contributed by atoms with E-state index in [9.17, 15) is 19.5 Å². The van der Waals surface area contributed by atoms with Crippen LogP contribution in [0.5, 0.6) is 5.75 Å². The van der Waals surface area contributed by atoms with Crippen molar-refractivity contribution in [2.24, 2.45) is 11.8 Å². The molecule has 3 aliphatic rings. The minimum Gasteiger partial charge on any atom is -0.497 e. The van der Waals surface area contributed by atoms with Crippen LogP contribution >= 0.6 is 0 Å². The molecule has 2 fully saturated rings. The molecule has 0 spiro atoms. The Hall–Kier alpha value is -3.41. The molecule has 2 saturated heterocycles. The Balaban J connectivity index is 1.77. The summed E-state index contributed by atoms with van der Waals surface area (Å²) < 4.78 is 28.8. The molecule has 11 heteroatoms. The highest BCUT2D eigenvalue weighted by atomic mass is 16.7. The molecule has 43 heavy (non-hydrogen) atoms. The van der Waals surface area contributed by atoms with E-state index in [0.717, 1.165) is 11.1 Å². The number of hydrogen-bond acceptors (Lipinski definition) is 9. The third kappa shape index (κ3) is 7.05. The third-order valence-corrected chi connectivity index (χ3v) is 8.59. The lowest BCUT2D eigenvalue weighted by atomic mass is 9.83. The Labute approximate surface area is 253 Å². The molecular weight excluding hydrogens is 556 g/mol. The maximum Gasteiger partial charge on any atom is 0.409 e. The fourth-order valence-electron chi connectivity index (χ4n) is 5.82. The van der Waals surface area contributed by atoms with Crippen LogP contribution in [-0.4, -0.2) is 80.1 Å². The number of hydrogen-bond donors (Lipinski definition) is 2. The molecule has 4 rings (SSSR count). The number of benzene rings is 1. The van der Waals surface area contributed by atoms with Crippen LogP contribution < -0.4 is 15.0 Å². The fourth-order valence-corrected chi connectivity index (χ4v) is 5.82. The number of alkyl carbamates (subject to hydrolysis) is 1. The molecule has 11 nitrogen and oxygen atoms in total. The largest absolute Gasteiger partial charge is 0.497 e. The van der Waals surface area contributed by atoms with Crippen molar-refractivity contribution < 1.29 is 43.2 Å². The molecule has 0 unspecified atom stereocenters. The predicted octanol–water partition coefficient (Wildman–Crippen LogP) is 3.67. The normalized spacial score (nSPS) is 35.2. The quantitative estimate of drug-likeness (QED) is 0.392. The second-order valence-corrected chi connectivity index (χ2v) is 12.3. The van der Waals surface area contributed by atoms with Crippen LogP contribution in [0.4, 0.5) is 10.5 Å². The second-order valence-electron chi connectivity index (χ2n) is 12.3. The number of nitrogens with one attached hydrogen (secondary N) is 1. The zero-order chi connectivity index (χ0) is 31.7. The monoisotopic (exact) mass is 600 g/mol. The number of methoxy groups -OCH3 is 2. The Morgan fingerprint density at radius 3 is 2.58 bits per heavy atom. The van der Waals surface area contributed by atoms with Crippen LogP contribution in [0.1, 0.15) is 53.0 Å². The lowest BCUT2D eigenvalue weighted by Crippen LogP contribution is -2.63. The maximum atomic E-state index is 13.7. The number of ether oxygens (including phenoxy) is 5. The summed E-state index contributed by atoms with van der Waals surface area (Å²) in [6, 6.07) is 5.60. The first-order valence-corrected chi connectivity index (χ1v) is 14.6. The Bertz CT molecular complexity index is 1290. The van der Waals surface area contributed by atoms with Crippen molar-refractivity contribution in [2.45, 2.75) is 89.6 Å². The summed E-state index contributed by atoms with van der Waals surface area (Å²) in [4.78, 5) is 40.6. The molecule has 2 N–H and O–H groups in total. The molecular formula is C32H44N2O9. The van der Waals surface area contributed by atoms with E-state index in [-0.39, 0.29) is 18.7 Å². The SMILES string of the molecule is COc1cc2cc(c1)N(C)C(=O)C[C@H](OC(=O)C(C)C)[C@]1(C)O[C@H]1[C@H](C)[C@@H]1C[C@@](O)(NC(=O)O1)[C@H](OC)/C=C/C=C(\C)C2. The average molecular weight is 601 g/mol. The molecule has 236 valence electrons. The Kier molecular flexibility index (Phi) is 9.58. The van der Waals surface area contributed by atoms with Crippen molar-refractivity contribution in [3.8, 4) is 5.75 Å². The van der Waals surface area contributed by atoms with Crippen molar-refractivity contribution in [1.29, 1.82) is 0 Å². The number of anilines is 1. The number of carbonyl (C=O) groups is 3. The molecule has 0 aliphatic carbocycles. The smallest absolute Gasteiger partial charge is 0.409 e. The molecule has 3 heterocycles. The van der Waals surface area contributed by atoms with E-state index in [1.807, 2.05) is 32.1 Å². The van der Waals surface area contributed by atoms with Gasteiger partial charge in [-0.15, -0.1) is 0 Å². The fraction of sp³-hybridized carbons (Fsp3) is 0.594. The number of fused-ring (bicyclic) bond motifs is 5. The second kappa shape index (κ2) is 12.7. The summed E-state index contributed by atoms with van der Waals surface area (Å²) >= 11 is 0. The predicted molar refractivity (Wildman–Crippen MR) is 159 cm³/mol. The summed E-state index contributed by atoms with van der Waals surface area (Å²) in [5.74, 6) is -0.963. The lowest BCUT2D eigenvalue weighted by Gasteiger charge is -2.42. The maximum absolute atomic E-state index is 13.7. The van der Waals surface area contributed by atoms with Crippen LogP contribution in [0.25, 0.3) is 0 Å². The van der Waals surface area contributed by atoms with E-state index < -0.39 is 59.6 Å². The number of amides is 2. The summed E-state index contributed by atoms with van der Waals surface area (Å²) in [6.45, 7) is 9.04. The van der Waals surface area contributed by atoms with E-state index in [1.54, 1.807) is 53.1 Å². The van der Waals surface area contributed by atoms with Gasteiger partial charge in [0.25, 0.3) is 0 Å². The molecule has 4 bridgehead atoms. The third-order valence-electron chi connectivity index (χ3n) is 8.59. The summed E-state index contributed by atoms with van der Waals surface area (Å²) in [5, 5.41) is 14.1. The van der Waals surface area contributed by atoms with Crippen LogP contribution in [0.3, 0.4) is 0 Å². The van der Waals surface area contributed by atoms with Gasteiger partial charge >= 0.3 is 12.1 Å². The number of rotatable bonds is 4. The first kappa shape index (κ1) is 32.5. The van der Waals surface area contributed by atoms with Gasteiger partial charge in [0.15, 0.2) is 5.72 Å². The Morgan fingerprint density at radius 2 is 1.93 bits per heavy atom. The first-order valence-electron chi connectivity index (χ1n) is 14.6. The number of epoxide rings is 1. The molecule has 3 aliphatic heterocycles. The minimum atomic E-state index is -1.75. The van der Waals surface area contributed by atoms with Crippen LogP contribution in [0, 0.1) is 11.8 Å². The van der Waals surface area contributed by atoms with Crippen LogP contribution in [-0.2, 0) is 35.0 Å². The van der Waals surface area contributed by atoms with Crippen molar-refractivity contribution in [3.05, 3.63) is 47.6 Å². The molecule has 2 amide bonds. The van der Waals surface area contributed by atoms with Gasteiger partial charge in [0.1, 0.15) is 29.7 Å². The summed E-state index contributed by atoms with van der Waals surface area (Å²) in [7, 11) is 4.70. The number of esters is 1. The van der Waals surface area contributed by atoms with Gasteiger partial charge in [-0.25, -0.2) is 4.79 Å². The van der Waals surface area contributed by atoms with E-state index >= 15 is 0 Å². The van der Waals surface area contributed by atoms with Crippen molar-refractivity contribution in [3.63, 3.8) is 0 Å². The van der Waals surface area contributed by atoms with Gasteiger partial charge in [-0.05, 0) is 38.0 Å². The average Bonchev–Trinajstić information content (AvgIpc) is 3.64. The number of carbonyl (C=O) groups excluding carboxylic acids is 3. The number of nitrogens with zero attached hydrogens (tertiary/aromatic N) is 1. The summed E-state index contributed by atoms with van der Waals surface area (Å²) in [6.07, 6.45) is 1.98. The van der Waals surface area contributed by atoms with Gasteiger partial charge in [0.05, 0.1) is 25.6 Å². The molecule has 0 radical (unpaired) electrons. The topological polar surface area (TPSA) is 136 Å². The summed E-state index contributed by atoms with van der Waals surface area (Å²) in [5.41, 5.74) is -0.226. The highest BCUT2D eigenvalue weighted by Gasteiger charge is 2.64. The van der Waals surface area contributed by atoms with Gasteiger partial charge < -0.3 is 33.7 Å². The van der Waals surface area contributed by atoms with Crippen molar-refractivity contribution in [2.75, 3.05) is 26.2 Å². The van der Waals surface area contributed by atoms with Crippen LogP contribution in [0.15, 0.2) is 42.0 Å². The molecule has 0 aromatic heterocycles. The number of allylic oxidation sites excluding steroid dienone is 3. The zero-order valence-corrected chi connectivity index (χ0v) is 26.2. The first-order chi connectivity index (χ1) is 20.2. The minimum absolute atomic E-state index is 0.0190.